The zero-order chi connectivity index (χ0) is 24.8. The number of rotatable bonds is 10. The van der Waals surface area contributed by atoms with Crippen LogP contribution in [0.5, 0.6) is 5.75 Å². The molecule has 0 fully saturated rings. The van der Waals surface area contributed by atoms with E-state index in [1.807, 2.05) is 82.3 Å². The van der Waals surface area contributed by atoms with Crippen LogP contribution in [0.4, 0.5) is 4.79 Å². The van der Waals surface area contributed by atoms with E-state index in [9.17, 15) is 4.79 Å². The smallest absolute Gasteiger partial charge is 0.322 e. The predicted molar refractivity (Wildman–Crippen MR) is 134 cm³/mol. The number of carbonyl (C=O) groups excluding carboxylic acids is 1. The molecule has 0 bridgehead atoms. The maximum absolute atomic E-state index is 13.1. The zero-order valence-electron chi connectivity index (χ0n) is 20.7. The lowest BCUT2D eigenvalue weighted by atomic mass is 9.94. The maximum Gasteiger partial charge on any atom is 0.322 e. The molecule has 0 saturated carbocycles. The molecule has 1 aliphatic rings. The summed E-state index contributed by atoms with van der Waals surface area (Å²) < 4.78 is 16.9. The molecule has 1 aromatic heterocycles. The SMILES string of the molecule is CCOc1ccc(-c2noc(C3=C(C)N(CCCOC(C)C)C(=O)NC3c3ccccc3)n2)cc1. The van der Waals surface area contributed by atoms with Crippen molar-refractivity contribution >= 4 is 11.6 Å². The Morgan fingerprint density at radius 2 is 1.86 bits per heavy atom. The van der Waals surface area contributed by atoms with Gasteiger partial charge in [-0.25, -0.2) is 4.79 Å². The van der Waals surface area contributed by atoms with Crippen molar-refractivity contribution in [1.29, 1.82) is 0 Å². The molecule has 0 spiro atoms. The Labute approximate surface area is 205 Å². The van der Waals surface area contributed by atoms with Gasteiger partial charge in [-0.3, -0.25) is 4.90 Å². The molecule has 2 amide bonds. The third kappa shape index (κ3) is 5.71. The fourth-order valence-electron chi connectivity index (χ4n) is 4.08. The van der Waals surface area contributed by atoms with Crippen molar-refractivity contribution in [1.82, 2.24) is 20.4 Å². The Morgan fingerprint density at radius 3 is 2.54 bits per heavy atom. The fourth-order valence-corrected chi connectivity index (χ4v) is 4.08. The number of nitrogens with one attached hydrogen (secondary N) is 1. The van der Waals surface area contributed by atoms with E-state index >= 15 is 0 Å². The summed E-state index contributed by atoms with van der Waals surface area (Å²) in [5.41, 5.74) is 3.33. The first-order valence-electron chi connectivity index (χ1n) is 12.0. The van der Waals surface area contributed by atoms with Crippen molar-refractivity contribution in [3.63, 3.8) is 0 Å². The summed E-state index contributed by atoms with van der Waals surface area (Å²) in [5.74, 6) is 1.64. The van der Waals surface area contributed by atoms with E-state index in [2.05, 4.69) is 10.5 Å². The van der Waals surface area contributed by atoms with Crippen molar-refractivity contribution in [2.75, 3.05) is 19.8 Å². The molecule has 0 aliphatic carbocycles. The number of benzene rings is 2. The lowest BCUT2D eigenvalue weighted by Gasteiger charge is -2.35. The average molecular weight is 477 g/mol. The summed E-state index contributed by atoms with van der Waals surface area (Å²) in [6.07, 6.45) is 0.868. The molecule has 2 aromatic carbocycles. The normalized spacial score (nSPS) is 16.1. The van der Waals surface area contributed by atoms with Crippen molar-refractivity contribution in [2.45, 2.75) is 46.3 Å². The van der Waals surface area contributed by atoms with E-state index in [0.29, 0.717) is 37.9 Å². The van der Waals surface area contributed by atoms with Gasteiger partial charge in [-0.2, -0.15) is 4.98 Å². The minimum Gasteiger partial charge on any atom is -0.494 e. The summed E-state index contributed by atoms with van der Waals surface area (Å²) >= 11 is 0. The minimum atomic E-state index is -0.402. The molecule has 0 radical (unpaired) electrons. The highest BCUT2D eigenvalue weighted by Gasteiger charge is 2.35. The number of ether oxygens (including phenoxy) is 2. The maximum atomic E-state index is 13.1. The van der Waals surface area contributed by atoms with Crippen LogP contribution in [-0.2, 0) is 4.74 Å². The van der Waals surface area contributed by atoms with E-state index in [4.69, 9.17) is 19.0 Å². The number of nitrogens with zero attached hydrogens (tertiary/aromatic N) is 3. The quantitative estimate of drug-likeness (QED) is 0.392. The molecule has 184 valence electrons. The second kappa shape index (κ2) is 11.2. The monoisotopic (exact) mass is 476 g/mol. The van der Waals surface area contributed by atoms with Crippen molar-refractivity contribution in [3.05, 3.63) is 71.7 Å². The van der Waals surface area contributed by atoms with Gasteiger partial charge in [-0.1, -0.05) is 35.5 Å². The number of allylic oxidation sites excluding steroid dienone is 1. The first-order valence-corrected chi connectivity index (χ1v) is 12.0. The first-order chi connectivity index (χ1) is 17.0. The summed E-state index contributed by atoms with van der Waals surface area (Å²) in [7, 11) is 0. The summed E-state index contributed by atoms with van der Waals surface area (Å²) in [6.45, 7) is 9.57. The summed E-state index contributed by atoms with van der Waals surface area (Å²) in [5, 5.41) is 7.35. The molecule has 1 N–H and O–H groups in total. The Bertz CT molecular complexity index is 1160. The molecule has 1 atom stereocenters. The van der Waals surface area contributed by atoms with Crippen LogP contribution >= 0.6 is 0 Å². The molecular formula is C27H32N4O4. The molecule has 8 nitrogen and oxygen atoms in total. The van der Waals surface area contributed by atoms with Gasteiger partial charge in [0, 0.05) is 24.4 Å². The molecule has 3 aromatic rings. The van der Waals surface area contributed by atoms with Gasteiger partial charge in [-0.15, -0.1) is 0 Å². The molecular weight excluding hydrogens is 444 g/mol. The number of carbonyl (C=O) groups is 1. The Kier molecular flexibility index (Phi) is 7.82. The van der Waals surface area contributed by atoms with Crippen LogP contribution in [0.3, 0.4) is 0 Å². The van der Waals surface area contributed by atoms with Gasteiger partial charge < -0.3 is 19.3 Å². The second-order valence-electron chi connectivity index (χ2n) is 8.60. The van der Waals surface area contributed by atoms with Gasteiger partial charge in [0.05, 0.1) is 24.3 Å². The van der Waals surface area contributed by atoms with Gasteiger partial charge in [0.15, 0.2) is 0 Å². The molecule has 1 unspecified atom stereocenters. The van der Waals surface area contributed by atoms with Crippen LogP contribution in [0.2, 0.25) is 0 Å². The van der Waals surface area contributed by atoms with Crippen LogP contribution in [0, 0.1) is 0 Å². The van der Waals surface area contributed by atoms with E-state index in [0.717, 1.165) is 28.1 Å². The van der Waals surface area contributed by atoms with E-state index in [1.165, 1.54) is 0 Å². The Morgan fingerprint density at radius 1 is 1.11 bits per heavy atom. The number of aromatic nitrogens is 2. The van der Waals surface area contributed by atoms with Gasteiger partial charge in [0.2, 0.25) is 5.82 Å². The predicted octanol–water partition coefficient (Wildman–Crippen LogP) is 5.45. The lowest BCUT2D eigenvalue weighted by molar-refractivity contribution is 0.0736. The molecule has 8 heteroatoms. The first kappa shape index (κ1) is 24.5. The van der Waals surface area contributed by atoms with Crippen molar-refractivity contribution in [2.24, 2.45) is 0 Å². The van der Waals surface area contributed by atoms with E-state index in [1.54, 1.807) is 4.90 Å². The van der Waals surface area contributed by atoms with Crippen LogP contribution < -0.4 is 10.1 Å². The van der Waals surface area contributed by atoms with Gasteiger partial charge in [0.25, 0.3) is 5.89 Å². The second-order valence-corrected chi connectivity index (χ2v) is 8.60. The third-order valence-electron chi connectivity index (χ3n) is 5.79. The van der Waals surface area contributed by atoms with Gasteiger partial charge in [-0.05, 0) is 63.9 Å². The average Bonchev–Trinajstić information content (AvgIpc) is 3.34. The molecule has 0 saturated heterocycles. The zero-order valence-corrected chi connectivity index (χ0v) is 20.7. The molecule has 2 heterocycles. The van der Waals surface area contributed by atoms with E-state index < -0.39 is 6.04 Å². The number of hydrogen-bond acceptors (Lipinski definition) is 6. The number of amides is 2. The summed E-state index contributed by atoms with van der Waals surface area (Å²) in [6, 6.07) is 16.8. The molecule has 4 rings (SSSR count). The van der Waals surface area contributed by atoms with Crippen LogP contribution in [0.15, 0.2) is 64.8 Å². The van der Waals surface area contributed by atoms with Crippen LogP contribution in [0.1, 0.15) is 51.6 Å². The molecule has 1 aliphatic heterocycles. The number of urea groups is 1. The van der Waals surface area contributed by atoms with Crippen molar-refractivity contribution < 1.29 is 18.8 Å². The van der Waals surface area contributed by atoms with Crippen LogP contribution in [0.25, 0.3) is 17.0 Å². The minimum absolute atomic E-state index is 0.152. The topological polar surface area (TPSA) is 89.7 Å². The number of hydrogen-bond donors (Lipinski definition) is 1. The fraction of sp³-hybridized carbons (Fsp3) is 0.370. The summed E-state index contributed by atoms with van der Waals surface area (Å²) in [4.78, 5) is 19.5. The highest BCUT2D eigenvalue weighted by atomic mass is 16.5. The highest BCUT2D eigenvalue weighted by molar-refractivity contribution is 5.86. The van der Waals surface area contributed by atoms with E-state index in [-0.39, 0.29) is 12.1 Å². The Hall–Kier alpha value is -3.65. The standard InChI is InChI=1S/C27H32N4O4/c1-5-33-22-14-12-21(13-15-22)25-29-26(35-30-25)23-19(4)31(16-9-17-34-18(2)3)27(32)28-24(23)20-10-7-6-8-11-20/h6-8,10-15,18,24H,5,9,16-17H2,1-4H3,(H,28,32). The van der Waals surface area contributed by atoms with Gasteiger partial charge in [0.1, 0.15) is 5.75 Å². The molecule has 35 heavy (non-hydrogen) atoms. The third-order valence-corrected chi connectivity index (χ3v) is 5.79. The lowest BCUT2D eigenvalue weighted by Crippen LogP contribution is -2.46. The van der Waals surface area contributed by atoms with Crippen molar-refractivity contribution in [3.8, 4) is 17.1 Å². The van der Waals surface area contributed by atoms with Crippen LogP contribution in [-0.4, -0.2) is 46.9 Å². The Balaban J connectivity index is 1.66. The highest BCUT2D eigenvalue weighted by Crippen LogP contribution is 2.37. The van der Waals surface area contributed by atoms with Gasteiger partial charge >= 0.3 is 6.03 Å². The largest absolute Gasteiger partial charge is 0.494 e.